The van der Waals surface area contributed by atoms with Crippen molar-refractivity contribution in [1.82, 2.24) is 4.90 Å². The first-order valence-electron chi connectivity index (χ1n) is 8.69. The van der Waals surface area contributed by atoms with Crippen molar-refractivity contribution in [2.45, 2.75) is 37.5 Å². The number of nitrogens with two attached hydrogens (primary N) is 1. The zero-order valence-electron chi connectivity index (χ0n) is 13.9. The molecule has 1 aliphatic carbocycles. The molecule has 0 unspecified atom stereocenters. The first-order valence-corrected chi connectivity index (χ1v) is 8.69. The van der Waals surface area contributed by atoms with Crippen LogP contribution in [0.25, 0.3) is 0 Å². The molecular formula is C20H21FN2O2. The van der Waals surface area contributed by atoms with Gasteiger partial charge in [-0.15, -0.1) is 0 Å². The van der Waals surface area contributed by atoms with Crippen molar-refractivity contribution < 1.29 is 13.9 Å². The van der Waals surface area contributed by atoms with E-state index in [0.29, 0.717) is 6.54 Å². The number of amides is 1. The van der Waals surface area contributed by atoms with E-state index in [1.165, 1.54) is 17.7 Å². The fourth-order valence-electron chi connectivity index (χ4n) is 3.61. The van der Waals surface area contributed by atoms with Gasteiger partial charge in [0, 0.05) is 12.6 Å². The van der Waals surface area contributed by atoms with Crippen molar-refractivity contribution in [3.8, 4) is 0 Å². The second kappa shape index (κ2) is 6.48. The third-order valence-corrected chi connectivity index (χ3v) is 5.22. The molecular weight excluding hydrogens is 319 g/mol. The topological polar surface area (TPSA) is 55.6 Å². The van der Waals surface area contributed by atoms with Crippen LogP contribution in [0.4, 0.5) is 9.18 Å². The highest BCUT2D eigenvalue weighted by Gasteiger charge is 2.37. The van der Waals surface area contributed by atoms with Crippen LogP contribution in [0.2, 0.25) is 0 Å². The van der Waals surface area contributed by atoms with Gasteiger partial charge in [0.15, 0.2) is 0 Å². The summed E-state index contributed by atoms with van der Waals surface area (Å²) < 4.78 is 19.0. The van der Waals surface area contributed by atoms with Crippen molar-refractivity contribution in [2.75, 3.05) is 6.54 Å². The Morgan fingerprint density at radius 2 is 1.88 bits per heavy atom. The fourth-order valence-corrected chi connectivity index (χ4v) is 3.61. The molecule has 0 bridgehead atoms. The summed E-state index contributed by atoms with van der Waals surface area (Å²) in [4.78, 5) is 14.5. The number of hydrogen-bond donors (Lipinski definition) is 1. The maximum absolute atomic E-state index is 13.4. The van der Waals surface area contributed by atoms with E-state index in [2.05, 4.69) is 6.07 Å². The quantitative estimate of drug-likeness (QED) is 0.912. The number of rotatable bonds is 2. The predicted octanol–water partition coefficient (Wildman–Crippen LogP) is 3.40. The molecule has 4 rings (SSSR count). The van der Waals surface area contributed by atoms with Gasteiger partial charge in [-0.2, -0.15) is 0 Å². The van der Waals surface area contributed by atoms with Crippen LogP contribution in [0.1, 0.15) is 35.6 Å². The van der Waals surface area contributed by atoms with Crippen LogP contribution >= 0.6 is 0 Å². The van der Waals surface area contributed by atoms with E-state index in [4.69, 9.17) is 10.5 Å². The molecule has 1 aliphatic heterocycles. The third-order valence-electron chi connectivity index (χ3n) is 5.22. The Kier molecular flexibility index (Phi) is 4.17. The lowest BCUT2D eigenvalue weighted by atomic mass is 9.88. The molecule has 2 N–H and O–H groups in total. The number of fused-ring (bicyclic) bond motifs is 1. The number of carbonyl (C=O) groups is 1. The summed E-state index contributed by atoms with van der Waals surface area (Å²) >= 11 is 0. The van der Waals surface area contributed by atoms with Crippen molar-refractivity contribution in [3.05, 3.63) is 71.0 Å². The number of benzene rings is 2. The van der Waals surface area contributed by atoms with Crippen LogP contribution in [-0.4, -0.2) is 29.7 Å². The Labute approximate surface area is 146 Å². The highest BCUT2D eigenvalue weighted by atomic mass is 19.1. The number of ether oxygens (including phenoxy) is 1. The molecule has 5 heteroatoms. The largest absolute Gasteiger partial charge is 0.444 e. The van der Waals surface area contributed by atoms with Crippen LogP contribution < -0.4 is 5.73 Å². The fraction of sp³-hybridized carbons (Fsp3) is 0.350. The summed E-state index contributed by atoms with van der Waals surface area (Å²) in [5, 5.41) is 0. The molecule has 1 amide bonds. The minimum Gasteiger partial charge on any atom is -0.444 e. The number of carbonyl (C=O) groups excluding carboxylic acids is 1. The van der Waals surface area contributed by atoms with Gasteiger partial charge < -0.3 is 10.5 Å². The average molecular weight is 340 g/mol. The minimum absolute atomic E-state index is 0.0645. The lowest BCUT2D eigenvalue weighted by Crippen LogP contribution is -2.50. The molecule has 2 aromatic rings. The van der Waals surface area contributed by atoms with Gasteiger partial charge in [0.1, 0.15) is 11.9 Å². The van der Waals surface area contributed by atoms with Crippen LogP contribution in [-0.2, 0) is 11.2 Å². The Morgan fingerprint density at radius 3 is 2.56 bits per heavy atom. The van der Waals surface area contributed by atoms with E-state index in [0.717, 1.165) is 30.4 Å². The molecule has 1 fully saturated rings. The smallest absolute Gasteiger partial charge is 0.410 e. The number of halogens is 1. The van der Waals surface area contributed by atoms with Gasteiger partial charge >= 0.3 is 6.09 Å². The molecule has 0 spiro atoms. The molecule has 2 aliphatic rings. The van der Waals surface area contributed by atoms with E-state index >= 15 is 0 Å². The Morgan fingerprint density at radius 1 is 1.12 bits per heavy atom. The standard InChI is InChI=1S/C20H21FN2O2/c21-15-7-5-14(6-8-15)19-16-4-2-1-3-13(16)11-12-23(19)20(24)25-18-10-9-17(18)22/h1-8,17-19H,9-12,22H2/t17-,18-,19-/m0/s1. The first-order chi connectivity index (χ1) is 12.1. The maximum Gasteiger partial charge on any atom is 0.410 e. The molecule has 2 aromatic carbocycles. The van der Waals surface area contributed by atoms with Crippen molar-refractivity contribution in [3.63, 3.8) is 0 Å². The lowest BCUT2D eigenvalue weighted by molar-refractivity contribution is 0.00721. The van der Waals surface area contributed by atoms with Gasteiger partial charge in [0.25, 0.3) is 0 Å². The molecule has 25 heavy (non-hydrogen) atoms. The predicted molar refractivity (Wildman–Crippen MR) is 92.6 cm³/mol. The third kappa shape index (κ3) is 3.00. The molecule has 0 aromatic heterocycles. The first kappa shape index (κ1) is 16.1. The van der Waals surface area contributed by atoms with Gasteiger partial charge in [0.2, 0.25) is 0 Å². The summed E-state index contributed by atoms with van der Waals surface area (Å²) in [5.41, 5.74) is 9.05. The summed E-state index contributed by atoms with van der Waals surface area (Å²) in [7, 11) is 0. The number of nitrogens with zero attached hydrogens (tertiary/aromatic N) is 1. The second-order valence-electron chi connectivity index (χ2n) is 6.76. The van der Waals surface area contributed by atoms with Crippen LogP contribution in [0.5, 0.6) is 0 Å². The SMILES string of the molecule is N[C@H]1CC[C@@H]1OC(=O)N1CCc2ccccc2[C@@H]1c1ccc(F)cc1. The Hall–Kier alpha value is -2.40. The maximum atomic E-state index is 13.4. The highest BCUT2D eigenvalue weighted by Crippen LogP contribution is 2.36. The van der Waals surface area contributed by atoms with Crippen molar-refractivity contribution in [2.24, 2.45) is 5.73 Å². The van der Waals surface area contributed by atoms with Gasteiger partial charge in [-0.1, -0.05) is 36.4 Å². The molecule has 130 valence electrons. The minimum atomic E-state index is -0.344. The second-order valence-corrected chi connectivity index (χ2v) is 6.76. The van der Waals surface area contributed by atoms with E-state index in [1.54, 1.807) is 17.0 Å². The highest BCUT2D eigenvalue weighted by molar-refractivity contribution is 5.70. The van der Waals surface area contributed by atoms with Crippen LogP contribution in [0.15, 0.2) is 48.5 Å². The van der Waals surface area contributed by atoms with Crippen LogP contribution in [0.3, 0.4) is 0 Å². The summed E-state index contributed by atoms with van der Waals surface area (Å²) in [6.45, 7) is 0.569. The number of hydrogen-bond acceptors (Lipinski definition) is 3. The van der Waals surface area contributed by atoms with Gasteiger partial charge in [0.05, 0.1) is 6.04 Å². The van der Waals surface area contributed by atoms with Crippen LogP contribution in [0, 0.1) is 5.82 Å². The Balaban J connectivity index is 1.67. The molecule has 3 atom stereocenters. The summed E-state index contributed by atoms with van der Waals surface area (Å²) in [6, 6.07) is 14.1. The van der Waals surface area contributed by atoms with Crippen molar-refractivity contribution in [1.29, 1.82) is 0 Å². The summed E-state index contributed by atoms with van der Waals surface area (Å²) in [5.74, 6) is -0.289. The van der Waals surface area contributed by atoms with Gasteiger partial charge in [-0.05, 0) is 48.1 Å². The molecule has 1 heterocycles. The molecule has 0 saturated heterocycles. The molecule has 4 nitrogen and oxygen atoms in total. The lowest BCUT2D eigenvalue weighted by Gasteiger charge is -2.40. The van der Waals surface area contributed by atoms with Crippen molar-refractivity contribution >= 4 is 6.09 Å². The van der Waals surface area contributed by atoms with E-state index in [1.807, 2.05) is 18.2 Å². The van der Waals surface area contributed by atoms with Gasteiger partial charge in [-0.25, -0.2) is 9.18 Å². The van der Waals surface area contributed by atoms with E-state index < -0.39 is 0 Å². The zero-order valence-corrected chi connectivity index (χ0v) is 13.9. The summed E-state index contributed by atoms with van der Waals surface area (Å²) in [6.07, 6.45) is 1.95. The van der Waals surface area contributed by atoms with E-state index in [-0.39, 0.29) is 30.1 Å². The normalized spacial score (nSPS) is 25.0. The average Bonchev–Trinajstić information content (AvgIpc) is 2.64. The monoisotopic (exact) mass is 340 g/mol. The van der Waals surface area contributed by atoms with E-state index in [9.17, 15) is 9.18 Å². The molecule has 0 radical (unpaired) electrons. The van der Waals surface area contributed by atoms with Gasteiger partial charge in [-0.3, -0.25) is 4.90 Å². The Bertz CT molecular complexity index is 778. The molecule has 1 saturated carbocycles. The zero-order chi connectivity index (χ0) is 17.4.